The summed E-state index contributed by atoms with van der Waals surface area (Å²) in [6.07, 6.45) is 3.29. The van der Waals surface area contributed by atoms with Gasteiger partial charge in [0.15, 0.2) is 0 Å². The fourth-order valence-corrected chi connectivity index (χ4v) is 2.35. The van der Waals surface area contributed by atoms with E-state index < -0.39 is 4.92 Å². The predicted octanol–water partition coefficient (Wildman–Crippen LogP) is 0.306. The van der Waals surface area contributed by atoms with Gasteiger partial charge >= 0.3 is 11.8 Å². The van der Waals surface area contributed by atoms with E-state index in [0.717, 1.165) is 25.9 Å². The Balaban J connectivity index is 1.84. The van der Waals surface area contributed by atoms with Crippen LogP contribution >= 0.6 is 0 Å². The van der Waals surface area contributed by atoms with E-state index in [1.165, 1.54) is 6.20 Å². The van der Waals surface area contributed by atoms with Gasteiger partial charge in [0.05, 0.1) is 6.54 Å². The maximum absolute atomic E-state index is 10.5. The summed E-state index contributed by atoms with van der Waals surface area (Å²) in [5, 5.41) is 13.8. The molecule has 1 aromatic heterocycles. The Labute approximate surface area is 91.6 Å². The van der Waals surface area contributed by atoms with Gasteiger partial charge in [-0.15, -0.1) is 0 Å². The lowest BCUT2D eigenvalue weighted by Gasteiger charge is -2.31. The molecule has 7 nitrogen and oxygen atoms in total. The Kier molecular flexibility index (Phi) is 1.90. The smallest absolute Gasteiger partial charge is 0.415 e. The van der Waals surface area contributed by atoms with Crippen LogP contribution in [-0.2, 0) is 6.54 Å². The maximum atomic E-state index is 10.5. The summed E-state index contributed by atoms with van der Waals surface area (Å²) in [5.41, 5.74) is -0.192. The average molecular weight is 224 g/mol. The van der Waals surface area contributed by atoms with Gasteiger partial charge in [-0.25, -0.2) is 0 Å². The number of hydrogen-bond acceptors (Lipinski definition) is 5. The molecule has 0 atom stereocenters. The lowest BCUT2D eigenvalue weighted by molar-refractivity contribution is -0.389. The van der Waals surface area contributed by atoms with Crippen molar-refractivity contribution in [3.05, 3.63) is 16.3 Å². The molecule has 0 radical (unpaired) electrons. The Morgan fingerprint density at radius 2 is 2.31 bits per heavy atom. The molecule has 1 spiro atoms. The van der Waals surface area contributed by atoms with Crippen molar-refractivity contribution in [2.24, 2.45) is 0 Å². The van der Waals surface area contributed by atoms with Crippen LogP contribution < -0.4 is 10.1 Å². The van der Waals surface area contributed by atoms with Gasteiger partial charge in [-0.05, 0) is 18.0 Å². The SMILES string of the molecule is O=[N+]([O-])c1cn2c(n1)OC1(CCNCC1)C2. The second-order valence-electron chi connectivity index (χ2n) is 4.30. The highest BCUT2D eigenvalue weighted by Crippen LogP contribution is 2.35. The van der Waals surface area contributed by atoms with Crippen LogP contribution in [0, 0.1) is 10.1 Å². The van der Waals surface area contributed by atoms with Gasteiger partial charge in [0.1, 0.15) is 11.8 Å². The summed E-state index contributed by atoms with van der Waals surface area (Å²) in [4.78, 5) is 13.9. The van der Waals surface area contributed by atoms with E-state index >= 15 is 0 Å². The van der Waals surface area contributed by atoms with Crippen LogP contribution in [0.1, 0.15) is 12.8 Å². The van der Waals surface area contributed by atoms with Crippen LogP contribution in [0.25, 0.3) is 0 Å². The second kappa shape index (κ2) is 3.18. The second-order valence-corrected chi connectivity index (χ2v) is 4.30. The minimum atomic E-state index is -0.496. The van der Waals surface area contributed by atoms with Gasteiger partial charge in [0.2, 0.25) is 0 Å². The highest BCUT2D eigenvalue weighted by molar-refractivity contribution is 5.24. The Morgan fingerprint density at radius 3 is 2.94 bits per heavy atom. The molecule has 3 heterocycles. The van der Waals surface area contributed by atoms with Crippen LogP contribution in [0.5, 0.6) is 6.01 Å². The fraction of sp³-hybridized carbons (Fsp3) is 0.667. The Bertz CT molecular complexity index is 410. The van der Waals surface area contributed by atoms with Gasteiger partial charge in [0.25, 0.3) is 0 Å². The van der Waals surface area contributed by atoms with Crippen molar-refractivity contribution in [1.82, 2.24) is 14.9 Å². The van der Waals surface area contributed by atoms with Crippen LogP contribution in [0.15, 0.2) is 6.20 Å². The van der Waals surface area contributed by atoms with Gasteiger partial charge < -0.3 is 20.2 Å². The lowest BCUT2D eigenvalue weighted by Crippen LogP contribution is -2.45. The van der Waals surface area contributed by atoms with Crippen molar-refractivity contribution >= 4 is 5.82 Å². The molecular weight excluding hydrogens is 212 g/mol. The fourth-order valence-electron chi connectivity index (χ4n) is 2.35. The van der Waals surface area contributed by atoms with Crippen molar-refractivity contribution in [2.45, 2.75) is 25.0 Å². The first-order chi connectivity index (χ1) is 7.69. The highest BCUT2D eigenvalue weighted by Gasteiger charge is 2.44. The van der Waals surface area contributed by atoms with E-state index in [2.05, 4.69) is 10.3 Å². The molecular formula is C9H12N4O3. The predicted molar refractivity (Wildman–Crippen MR) is 54.3 cm³/mol. The zero-order valence-electron chi connectivity index (χ0n) is 8.68. The zero-order chi connectivity index (χ0) is 11.2. The molecule has 2 aliphatic rings. The number of aromatic nitrogens is 2. The van der Waals surface area contributed by atoms with Crippen LogP contribution in [0.3, 0.4) is 0 Å². The molecule has 2 aliphatic heterocycles. The summed E-state index contributed by atoms with van der Waals surface area (Å²) in [7, 11) is 0. The van der Waals surface area contributed by atoms with Crippen molar-refractivity contribution in [3.63, 3.8) is 0 Å². The summed E-state index contributed by atoms with van der Waals surface area (Å²) in [6.45, 7) is 2.52. The summed E-state index contributed by atoms with van der Waals surface area (Å²) in [5.74, 6) is -0.140. The quantitative estimate of drug-likeness (QED) is 0.548. The zero-order valence-corrected chi connectivity index (χ0v) is 8.68. The first-order valence-corrected chi connectivity index (χ1v) is 5.30. The standard InChI is InChI=1S/C9H12N4O3/c14-13(15)7-5-12-6-9(16-8(12)11-7)1-3-10-4-2-9/h5,10H,1-4,6H2. The van der Waals surface area contributed by atoms with E-state index in [0.29, 0.717) is 12.6 Å². The van der Waals surface area contributed by atoms with Crippen molar-refractivity contribution < 1.29 is 9.66 Å². The van der Waals surface area contributed by atoms with Gasteiger partial charge in [0, 0.05) is 17.8 Å². The third-order valence-electron chi connectivity index (χ3n) is 3.20. The number of fused-ring (bicyclic) bond motifs is 1. The molecule has 7 heteroatoms. The normalized spacial score (nSPS) is 21.8. The molecule has 0 unspecified atom stereocenters. The van der Waals surface area contributed by atoms with Crippen molar-refractivity contribution in [2.75, 3.05) is 13.1 Å². The van der Waals surface area contributed by atoms with Crippen LogP contribution in [0.2, 0.25) is 0 Å². The number of nitro groups is 1. The molecule has 1 aromatic rings. The molecule has 86 valence electrons. The van der Waals surface area contributed by atoms with E-state index in [4.69, 9.17) is 4.74 Å². The molecule has 1 saturated heterocycles. The Hall–Kier alpha value is -1.63. The Morgan fingerprint density at radius 1 is 1.56 bits per heavy atom. The van der Waals surface area contributed by atoms with Gasteiger partial charge in [-0.2, -0.15) is 0 Å². The third-order valence-corrected chi connectivity index (χ3v) is 3.20. The topological polar surface area (TPSA) is 82.2 Å². The van der Waals surface area contributed by atoms with E-state index in [1.54, 1.807) is 4.57 Å². The minimum absolute atomic E-state index is 0.140. The van der Waals surface area contributed by atoms with E-state index in [9.17, 15) is 10.1 Å². The number of imidazole rings is 1. The van der Waals surface area contributed by atoms with E-state index in [1.807, 2.05) is 0 Å². The largest absolute Gasteiger partial charge is 0.437 e. The third kappa shape index (κ3) is 1.35. The molecule has 0 aromatic carbocycles. The number of nitrogens with zero attached hydrogens (tertiary/aromatic N) is 3. The number of rotatable bonds is 1. The number of hydrogen-bond donors (Lipinski definition) is 1. The summed E-state index contributed by atoms with van der Waals surface area (Å²) >= 11 is 0. The number of nitrogens with one attached hydrogen (secondary N) is 1. The number of piperidine rings is 1. The van der Waals surface area contributed by atoms with Gasteiger partial charge in [-0.1, -0.05) is 0 Å². The molecule has 1 N–H and O–H groups in total. The number of ether oxygens (including phenoxy) is 1. The van der Waals surface area contributed by atoms with Gasteiger partial charge in [-0.3, -0.25) is 4.57 Å². The molecule has 16 heavy (non-hydrogen) atoms. The lowest BCUT2D eigenvalue weighted by atomic mass is 9.93. The molecule has 1 fully saturated rings. The summed E-state index contributed by atoms with van der Waals surface area (Å²) < 4.78 is 7.51. The molecule has 0 amide bonds. The van der Waals surface area contributed by atoms with Crippen LogP contribution in [-0.4, -0.2) is 33.2 Å². The molecule has 0 saturated carbocycles. The highest BCUT2D eigenvalue weighted by atomic mass is 16.6. The van der Waals surface area contributed by atoms with Crippen molar-refractivity contribution in [1.29, 1.82) is 0 Å². The first-order valence-electron chi connectivity index (χ1n) is 5.30. The monoisotopic (exact) mass is 224 g/mol. The molecule has 3 rings (SSSR count). The summed E-state index contributed by atoms with van der Waals surface area (Å²) in [6, 6.07) is 0.383. The van der Waals surface area contributed by atoms with Crippen LogP contribution in [0.4, 0.5) is 5.82 Å². The van der Waals surface area contributed by atoms with Crippen molar-refractivity contribution in [3.8, 4) is 6.01 Å². The molecule has 0 aliphatic carbocycles. The first kappa shape index (κ1) is 9.59. The minimum Gasteiger partial charge on any atom is -0.437 e. The maximum Gasteiger partial charge on any atom is 0.415 e. The van der Waals surface area contributed by atoms with E-state index in [-0.39, 0.29) is 11.4 Å². The average Bonchev–Trinajstić information content (AvgIpc) is 2.74. The molecule has 0 bridgehead atoms.